The molecule has 4 aromatic rings. The fourth-order valence-corrected chi connectivity index (χ4v) is 5.22. The van der Waals surface area contributed by atoms with Crippen molar-refractivity contribution >= 4 is 65.7 Å². The number of urea groups is 1. The zero-order chi connectivity index (χ0) is 22.9. The van der Waals surface area contributed by atoms with Crippen LogP contribution >= 0.6 is 22.9 Å². The van der Waals surface area contributed by atoms with E-state index in [0.29, 0.717) is 21.9 Å². The Labute approximate surface area is 194 Å². The van der Waals surface area contributed by atoms with E-state index >= 15 is 0 Å². The van der Waals surface area contributed by atoms with Gasteiger partial charge in [0.05, 0.1) is 15.1 Å². The van der Waals surface area contributed by atoms with Crippen molar-refractivity contribution in [3.05, 3.63) is 76.8 Å². The summed E-state index contributed by atoms with van der Waals surface area (Å²) in [6.07, 6.45) is 0. The first kappa shape index (κ1) is 22.1. The van der Waals surface area contributed by atoms with Gasteiger partial charge in [-0.2, -0.15) is 0 Å². The lowest BCUT2D eigenvalue weighted by Gasteiger charge is -2.08. The maximum absolute atomic E-state index is 12.6. The number of nitrogens with one attached hydrogen (secondary N) is 3. The zero-order valence-electron chi connectivity index (χ0n) is 17.1. The molecule has 3 aromatic carbocycles. The number of carbonyl (C=O) groups excluding carboxylic acids is 1. The van der Waals surface area contributed by atoms with Crippen molar-refractivity contribution in [2.75, 3.05) is 15.4 Å². The van der Waals surface area contributed by atoms with Gasteiger partial charge in [0.15, 0.2) is 5.13 Å². The molecule has 7 nitrogen and oxygen atoms in total. The third-order valence-electron chi connectivity index (χ3n) is 4.63. The van der Waals surface area contributed by atoms with Gasteiger partial charge in [0.2, 0.25) is 0 Å². The van der Waals surface area contributed by atoms with Crippen LogP contribution in [0.1, 0.15) is 11.1 Å². The third-order valence-corrected chi connectivity index (χ3v) is 7.45. The summed E-state index contributed by atoms with van der Waals surface area (Å²) in [5.74, 6) is 0. The van der Waals surface area contributed by atoms with Crippen molar-refractivity contribution < 1.29 is 13.2 Å². The maximum Gasteiger partial charge on any atom is 0.323 e. The highest BCUT2D eigenvalue weighted by Gasteiger charge is 2.17. The molecule has 2 amide bonds. The largest absolute Gasteiger partial charge is 0.323 e. The molecule has 0 radical (unpaired) electrons. The lowest BCUT2D eigenvalue weighted by atomic mass is 10.2. The van der Waals surface area contributed by atoms with Crippen LogP contribution in [-0.4, -0.2) is 19.4 Å². The molecule has 0 unspecified atom stereocenters. The summed E-state index contributed by atoms with van der Waals surface area (Å²) >= 11 is 7.27. The van der Waals surface area contributed by atoms with E-state index in [2.05, 4.69) is 20.3 Å². The van der Waals surface area contributed by atoms with Crippen LogP contribution in [0, 0.1) is 13.8 Å². The standard InChI is InChI=1S/C22H19ClN4O3S2/c1-13-3-8-17(9-4-13)32(29,30)27-22-26-19-10-7-16(12-20(19)31-22)25-21(28)24-15-6-5-14(2)18(23)11-15/h3-12H,1-2H3,(H,26,27)(H2,24,25,28). The lowest BCUT2D eigenvalue weighted by molar-refractivity contribution is 0.262. The quantitative estimate of drug-likeness (QED) is 0.321. The Morgan fingerprint density at radius 3 is 2.28 bits per heavy atom. The van der Waals surface area contributed by atoms with Crippen LogP contribution in [0.4, 0.5) is 21.3 Å². The molecule has 0 saturated carbocycles. The van der Waals surface area contributed by atoms with Gasteiger partial charge in [0.1, 0.15) is 0 Å². The minimum atomic E-state index is -3.74. The Bertz CT molecular complexity index is 1420. The molecule has 32 heavy (non-hydrogen) atoms. The number of thiazole rings is 1. The number of benzene rings is 3. The number of halogens is 1. The predicted octanol–water partition coefficient (Wildman–Crippen LogP) is 6.01. The zero-order valence-corrected chi connectivity index (χ0v) is 19.5. The van der Waals surface area contributed by atoms with Gasteiger partial charge in [-0.15, -0.1) is 0 Å². The highest BCUT2D eigenvalue weighted by Crippen LogP contribution is 2.30. The number of anilines is 3. The SMILES string of the molecule is Cc1ccc(S(=O)(=O)Nc2nc3ccc(NC(=O)Nc4ccc(C)c(Cl)c4)cc3s2)cc1. The van der Waals surface area contributed by atoms with Crippen LogP contribution in [-0.2, 0) is 10.0 Å². The molecule has 0 atom stereocenters. The predicted molar refractivity (Wildman–Crippen MR) is 130 cm³/mol. The van der Waals surface area contributed by atoms with Gasteiger partial charge in [-0.3, -0.25) is 4.72 Å². The van der Waals surface area contributed by atoms with Crippen molar-refractivity contribution in [2.45, 2.75) is 18.7 Å². The second-order valence-corrected chi connectivity index (χ2v) is 10.3. The van der Waals surface area contributed by atoms with Crippen molar-refractivity contribution in [1.82, 2.24) is 4.98 Å². The molecule has 0 fully saturated rings. The van der Waals surface area contributed by atoms with Gasteiger partial charge in [0, 0.05) is 16.4 Å². The van der Waals surface area contributed by atoms with Gasteiger partial charge in [-0.05, 0) is 61.9 Å². The number of carbonyl (C=O) groups is 1. The number of hydrogen-bond donors (Lipinski definition) is 3. The molecule has 1 heterocycles. The Kier molecular flexibility index (Phi) is 6.05. The number of rotatable bonds is 5. The molecule has 3 N–H and O–H groups in total. The number of amides is 2. The Morgan fingerprint density at radius 2 is 1.59 bits per heavy atom. The van der Waals surface area contributed by atoms with Crippen LogP contribution in [0.25, 0.3) is 10.2 Å². The lowest BCUT2D eigenvalue weighted by Crippen LogP contribution is -2.19. The summed E-state index contributed by atoms with van der Waals surface area (Å²) in [7, 11) is -3.74. The fourth-order valence-electron chi connectivity index (χ4n) is 2.90. The molecule has 4 rings (SSSR count). The number of fused-ring (bicyclic) bond motifs is 1. The smallest absolute Gasteiger partial charge is 0.308 e. The van der Waals surface area contributed by atoms with E-state index in [9.17, 15) is 13.2 Å². The molecule has 1 aromatic heterocycles. The topological polar surface area (TPSA) is 100 Å². The fraction of sp³-hybridized carbons (Fsp3) is 0.0909. The number of nitrogens with zero attached hydrogens (tertiary/aromatic N) is 1. The molecule has 0 aliphatic heterocycles. The summed E-state index contributed by atoms with van der Waals surface area (Å²) in [6.45, 7) is 3.77. The van der Waals surface area contributed by atoms with Crippen LogP contribution in [0.5, 0.6) is 0 Å². The molecule has 0 saturated heterocycles. The second kappa shape index (κ2) is 8.78. The van der Waals surface area contributed by atoms with Gasteiger partial charge < -0.3 is 10.6 Å². The Morgan fingerprint density at radius 1 is 0.938 bits per heavy atom. The Balaban J connectivity index is 1.48. The van der Waals surface area contributed by atoms with Crippen LogP contribution in [0.2, 0.25) is 5.02 Å². The third kappa shape index (κ3) is 5.01. The van der Waals surface area contributed by atoms with Crippen molar-refractivity contribution in [3.8, 4) is 0 Å². The van der Waals surface area contributed by atoms with E-state index < -0.39 is 16.1 Å². The maximum atomic E-state index is 12.6. The highest BCUT2D eigenvalue weighted by molar-refractivity contribution is 7.93. The van der Waals surface area contributed by atoms with Crippen molar-refractivity contribution in [1.29, 1.82) is 0 Å². The molecule has 10 heteroatoms. The average molecular weight is 487 g/mol. The summed E-state index contributed by atoms with van der Waals surface area (Å²) < 4.78 is 28.4. The number of aryl methyl sites for hydroxylation is 2. The van der Waals surface area contributed by atoms with Gasteiger partial charge in [0.25, 0.3) is 10.0 Å². The molecule has 0 aliphatic rings. The molecular formula is C22H19ClN4O3S2. The molecule has 0 bridgehead atoms. The highest BCUT2D eigenvalue weighted by atomic mass is 35.5. The van der Waals surface area contributed by atoms with E-state index in [1.54, 1.807) is 54.6 Å². The van der Waals surface area contributed by atoms with Crippen LogP contribution in [0.3, 0.4) is 0 Å². The summed E-state index contributed by atoms with van der Waals surface area (Å²) in [6, 6.07) is 16.6. The number of hydrogen-bond acceptors (Lipinski definition) is 5. The number of sulfonamides is 1. The molecular weight excluding hydrogens is 468 g/mol. The minimum Gasteiger partial charge on any atom is -0.308 e. The van der Waals surface area contributed by atoms with Gasteiger partial charge in [-0.25, -0.2) is 18.2 Å². The average Bonchev–Trinajstić information content (AvgIpc) is 3.11. The van der Waals surface area contributed by atoms with E-state index in [1.165, 1.54) is 11.3 Å². The van der Waals surface area contributed by atoms with Gasteiger partial charge in [-0.1, -0.05) is 46.7 Å². The van der Waals surface area contributed by atoms with Crippen molar-refractivity contribution in [2.24, 2.45) is 0 Å². The first-order valence-electron chi connectivity index (χ1n) is 9.54. The number of aromatic nitrogens is 1. The first-order valence-corrected chi connectivity index (χ1v) is 12.2. The summed E-state index contributed by atoms with van der Waals surface area (Å²) in [4.78, 5) is 16.8. The van der Waals surface area contributed by atoms with Crippen LogP contribution in [0.15, 0.2) is 65.6 Å². The molecule has 164 valence electrons. The molecule has 0 spiro atoms. The van der Waals surface area contributed by atoms with Crippen molar-refractivity contribution in [3.63, 3.8) is 0 Å². The van der Waals surface area contributed by atoms with E-state index in [1.807, 2.05) is 19.9 Å². The summed E-state index contributed by atoms with van der Waals surface area (Å²) in [5.41, 5.74) is 3.63. The minimum absolute atomic E-state index is 0.164. The normalized spacial score (nSPS) is 11.3. The summed E-state index contributed by atoms with van der Waals surface area (Å²) in [5, 5.41) is 6.29. The van der Waals surface area contributed by atoms with E-state index in [4.69, 9.17) is 11.6 Å². The van der Waals surface area contributed by atoms with Crippen LogP contribution < -0.4 is 15.4 Å². The second-order valence-electron chi connectivity index (χ2n) is 7.16. The van der Waals surface area contributed by atoms with E-state index in [-0.39, 0.29) is 10.0 Å². The van der Waals surface area contributed by atoms with Gasteiger partial charge >= 0.3 is 6.03 Å². The first-order chi connectivity index (χ1) is 15.2. The molecule has 0 aliphatic carbocycles. The monoisotopic (exact) mass is 486 g/mol. The van der Waals surface area contributed by atoms with E-state index in [0.717, 1.165) is 15.8 Å². The Hall–Kier alpha value is -3.14.